The molecule has 1 aliphatic heterocycles. The van der Waals surface area contributed by atoms with Gasteiger partial charge in [-0.25, -0.2) is 0 Å². The zero-order valence-electron chi connectivity index (χ0n) is 14.1. The van der Waals surface area contributed by atoms with Crippen LogP contribution in [-0.2, 0) is 20.9 Å². The summed E-state index contributed by atoms with van der Waals surface area (Å²) in [7, 11) is 3.14. The van der Waals surface area contributed by atoms with E-state index in [1.807, 2.05) is 26.0 Å². The molecule has 1 fully saturated rings. The second-order valence-corrected chi connectivity index (χ2v) is 6.15. The number of methoxy groups -OCH3 is 2. The highest BCUT2D eigenvalue weighted by molar-refractivity contribution is 5.97. The number of benzene rings is 1. The number of amides is 1. The molecule has 0 spiro atoms. The van der Waals surface area contributed by atoms with Gasteiger partial charge in [0.15, 0.2) is 0 Å². The number of hydrogen-bond acceptors (Lipinski definition) is 5. The number of rotatable bonds is 6. The molecule has 1 aromatic carbocycles. The van der Waals surface area contributed by atoms with Crippen LogP contribution in [0, 0.1) is 11.8 Å². The molecular formula is C17H23NO5. The Hall–Kier alpha value is -2.24. The molecule has 1 heterocycles. The van der Waals surface area contributed by atoms with Crippen molar-refractivity contribution in [1.29, 1.82) is 0 Å². The van der Waals surface area contributed by atoms with Crippen molar-refractivity contribution in [3.8, 4) is 11.5 Å². The molecule has 1 saturated heterocycles. The Kier molecular flexibility index (Phi) is 4.82. The van der Waals surface area contributed by atoms with E-state index in [-0.39, 0.29) is 17.8 Å². The van der Waals surface area contributed by atoms with E-state index in [2.05, 4.69) is 5.32 Å². The normalized spacial score (nSPS) is 23.0. The standard InChI is InChI=1S/C17H23NO5/c1-10(2)14-15(19)23-17(14,3)16(20)18-9-11-6-12(21-4)8-13(7-11)22-5/h6-8,10,14H,9H2,1-5H3,(H,18,20)/t14-,17+/m1/s1. The summed E-state index contributed by atoms with van der Waals surface area (Å²) in [5.41, 5.74) is -0.265. The summed E-state index contributed by atoms with van der Waals surface area (Å²) in [6.07, 6.45) is 0. The largest absolute Gasteiger partial charge is 0.497 e. The Labute approximate surface area is 136 Å². The smallest absolute Gasteiger partial charge is 0.314 e. The average molecular weight is 321 g/mol. The van der Waals surface area contributed by atoms with Gasteiger partial charge in [0.1, 0.15) is 17.4 Å². The maximum absolute atomic E-state index is 12.4. The fourth-order valence-electron chi connectivity index (χ4n) is 2.92. The van der Waals surface area contributed by atoms with Crippen molar-refractivity contribution in [2.24, 2.45) is 11.8 Å². The van der Waals surface area contributed by atoms with Crippen molar-refractivity contribution in [3.05, 3.63) is 23.8 Å². The van der Waals surface area contributed by atoms with Crippen LogP contribution in [0.2, 0.25) is 0 Å². The lowest BCUT2D eigenvalue weighted by atomic mass is 9.75. The monoisotopic (exact) mass is 321 g/mol. The van der Waals surface area contributed by atoms with Crippen molar-refractivity contribution in [2.45, 2.75) is 32.9 Å². The lowest BCUT2D eigenvalue weighted by Crippen LogP contribution is -2.65. The Morgan fingerprint density at radius 1 is 1.26 bits per heavy atom. The molecule has 0 aliphatic carbocycles. The summed E-state index contributed by atoms with van der Waals surface area (Å²) in [4.78, 5) is 24.0. The average Bonchev–Trinajstić information content (AvgIpc) is 2.50. The lowest BCUT2D eigenvalue weighted by Gasteiger charge is -2.45. The van der Waals surface area contributed by atoms with Crippen molar-refractivity contribution in [3.63, 3.8) is 0 Å². The van der Waals surface area contributed by atoms with Crippen LogP contribution in [0.1, 0.15) is 26.3 Å². The van der Waals surface area contributed by atoms with Gasteiger partial charge in [-0.1, -0.05) is 13.8 Å². The van der Waals surface area contributed by atoms with Crippen LogP contribution < -0.4 is 14.8 Å². The van der Waals surface area contributed by atoms with Gasteiger partial charge in [0.2, 0.25) is 5.60 Å². The van der Waals surface area contributed by atoms with E-state index >= 15 is 0 Å². The predicted octanol–water partition coefficient (Wildman–Crippen LogP) is 1.91. The summed E-state index contributed by atoms with van der Waals surface area (Å²) in [6, 6.07) is 5.39. The molecule has 1 amide bonds. The second kappa shape index (κ2) is 6.48. The Morgan fingerprint density at radius 3 is 2.26 bits per heavy atom. The SMILES string of the molecule is COc1cc(CNC(=O)[C@@]2(C)OC(=O)[C@H]2C(C)C)cc(OC)c1. The van der Waals surface area contributed by atoms with Crippen LogP contribution in [0.25, 0.3) is 0 Å². The number of nitrogens with one attached hydrogen (secondary N) is 1. The fraction of sp³-hybridized carbons (Fsp3) is 0.529. The summed E-state index contributed by atoms with van der Waals surface area (Å²) in [6.45, 7) is 5.76. The molecule has 23 heavy (non-hydrogen) atoms. The number of esters is 1. The van der Waals surface area contributed by atoms with Crippen molar-refractivity contribution < 1.29 is 23.8 Å². The zero-order valence-corrected chi connectivity index (χ0v) is 14.1. The third kappa shape index (κ3) is 3.25. The van der Waals surface area contributed by atoms with E-state index in [1.54, 1.807) is 27.2 Å². The quantitative estimate of drug-likeness (QED) is 0.810. The van der Waals surface area contributed by atoms with Crippen LogP contribution in [0.5, 0.6) is 11.5 Å². The minimum atomic E-state index is -1.10. The van der Waals surface area contributed by atoms with Crippen molar-refractivity contribution in [2.75, 3.05) is 14.2 Å². The predicted molar refractivity (Wildman–Crippen MR) is 84.2 cm³/mol. The van der Waals surface area contributed by atoms with Gasteiger partial charge in [-0.2, -0.15) is 0 Å². The molecule has 1 aromatic rings. The molecule has 2 rings (SSSR count). The summed E-state index contributed by atoms with van der Waals surface area (Å²) in [5.74, 6) is 0.314. The molecule has 0 bridgehead atoms. The number of cyclic esters (lactones) is 1. The Balaban J connectivity index is 2.06. The van der Waals surface area contributed by atoms with Crippen molar-refractivity contribution in [1.82, 2.24) is 5.32 Å². The summed E-state index contributed by atoms with van der Waals surface area (Å²) < 4.78 is 15.5. The topological polar surface area (TPSA) is 73.9 Å². The first-order valence-electron chi connectivity index (χ1n) is 7.55. The van der Waals surface area contributed by atoms with Gasteiger partial charge in [0.25, 0.3) is 5.91 Å². The number of carbonyl (C=O) groups is 2. The van der Waals surface area contributed by atoms with Crippen LogP contribution in [0.15, 0.2) is 18.2 Å². The number of ether oxygens (including phenoxy) is 3. The summed E-state index contributed by atoms with van der Waals surface area (Å²) in [5, 5.41) is 2.82. The highest BCUT2D eigenvalue weighted by Crippen LogP contribution is 2.39. The van der Waals surface area contributed by atoms with Gasteiger partial charge in [-0.05, 0) is 30.5 Å². The molecular weight excluding hydrogens is 298 g/mol. The lowest BCUT2D eigenvalue weighted by molar-refractivity contribution is -0.215. The Morgan fingerprint density at radius 2 is 1.83 bits per heavy atom. The molecule has 6 nitrogen and oxygen atoms in total. The molecule has 126 valence electrons. The van der Waals surface area contributed by atoms with Crippen LogP contribution in [-0.4, -0.2) is 31.7 Å². The van der Waals surface area contributed by atoms with Gasteiger partial charge in [-0.3, -0.25) is 9.59 Å². The molecule has 1 N–H and O–H groups in total. The van der Waals surface area contributed by atoms with Gasteiger partial charge in [0, 0.05) is 12.6 Å². The minimum absolute atomic E-state index is 0.0453. The first-order valence-corrected chi connectivity index (χ1v) is 7.55. The van der Waals surface area contributed by atoms with Gasteiger partial charge < -0.3 is 19.5 Å². The van der Waals surface area contributed by atoms with E-state index in [1.165, 1.54) is 0 Å². The van der Waals surface area contributed by atoms with Gasteiger partial charge in [-0.15, -0.1) is 0 Å². The number of hydrogen-bond donors (Lipinski definition) is 1. The molecule has 2 atom stereocenters. The first kappa shape index (κ1) is 17.1. The Bertz CT molecular complexity index is 591. The highest BCUT2D eigenvalue weighted by atomic mass is 16.6. The molecule has 0 unspecified atom stereocenters. The van der Waals surface area contributed by atoms with Crippen LogP contribution >= 0.6 is 0 Å². The van der Waals surface area contributed by atoms with Crippen molar-refractivity contribution >= 4 is 11.9 Å². The third-order valence-electron chi connectivity index (χ3n) is 4.14. The zero-order chi connectivity index (χ0) is 17.2. The second-order valence-electron chi connectivity index (χ2n) is 6.15. The van der Waals surface area contributed by atoms with E-state index in [4.69, 9.17) is 14.2 Å². The molecule has 6 heteroatoms. The van der Waals surface area contributed by atoms with E-state index in [9.17, 15) is 9.59 Å². The van der Waals surface area contributed by atoms with E-state index < -0.39 is 11.5 Å². The molecule has 0 saturated carbocycles. The number of carbonyl (C=O) groups excluding carboxylic acids is 2. The first-order chi connectivity index (χ1) is 10.8. The van der Waals surface area contributed by atoms with Gasteiger partial charge >= 0.3 is 5.97 Å². The van der Waals surface area contributed by atoms with Crippen LogP contribution in [0.3, 0.4) is 0 Å². The van der Waals surface area contributed by atoms with Gasteiger partial charge in [0.05, 0.1) is 14.2 Å². The van der Waals surface area contributed by atoms with E-state index in [0.29, 0.717) is 18.0 Å². The maximum Gasteiger partial charge on any atom is 0.314 e. The molecule has 0 radical (unpaired) electrons. The minimum Gasteiger partial charge on any atom is -0.497 e. The van der Waals surface area contributed by atoms with E-state index in [0.717, 1.165) is 5.56 Å². The molecule has 0 aromatic heterocycles. The molecule has 1 aliphatic rings. The van der Waals surface area contributed by atoms with Crippen LogP contribution in [0.4, 0.5) is 0 Å². The third-order valence-corrected chi connectivity index (χ3v) is 4.14. The maximum atomic E-state index is 12.4. The summed E-state index contributed by atoms with van der Waals surface area (Å²) >= 11 is 0. The highest BCUT2D eigenvalue weighted by Gasteiger charge is 2.59. The fourth-order valence-corrected chi connectivity index (χ4v) is 2.92.